The molecule has 2 aromatic carbocycles. The second-order valence-corrected chi connectivity index (χ2v) is 6.02. The Hall–Kier alpha value is -1.87. The first-order chi connectivity index (χ1) is 9.63. The fourth-order valence-electron chi connectivity index (χ4n) is 2.95. The number of amides is 1. The summed E-state index contributed by atoms with van der Waals surface area (Å²) in [5, 5.41) is 2.14. The van der Waals surface area contributed by atoms with Crippen molar-refractivity contribution in [1.29, 1.82) is 0 Å². The summed E-state index contributed by atoms with van der Waals surface area (Å²) in [4.78, 5) is 14.7. The Balaban J connectivity index is 1.94. The number of carbonyl (C=O) groups excluding carboxylic acids is 1. The second-order valence-electron chi connectivity index (χ2n) is 6.02. The monoisotopic (exact) mass is 268 g/mol. The largest absolute Gasteiger partial charge is 0.338 e. The van der Waals surface area contributed by atoms with Crippen LogP contribution in [0.15, 0.2) is 42.5 Å². The standard InChI is InChI=1S/C17H20N2O/c1-17(11-18)9-10-19(12-17)16(20)15-8-4-6-13-5-2-3-7-14(13)15/h2-8H,9-12,18H2,1H3. The highest BCUT2D eigenvalue weighted by molar-refractivity contribution is 6.07. The molecule has 104 valence electrons. The minimum atomic E-state index is 0.0697. The number of carbonyl (C=O) groups is 1. The van der Waals surface area contributed by atoms with Crippen molar-refractivity contribution in [2.75, 3.05) is 19.6 Å². The Labute approximate surface area is 119 Å². The predicted octanol–water partition coefficient (Wildman–Crippen LogP) is 2.65. The molecule has 3 rings (SSSR count). The quantitative estimate of drug-likeness (QED) is 0.910. The molecule has 0 spiro atoms. The summed E-state index contributed by atoms with van der Waals surface area (Å²) in [5.41, 5.74) is 6.69. The Kier molecular flexibility index (Phi) is 3.22. The highest BCUT2D eigenvalue weighted by Gasteiger charge is 2.35. The fraction of sp³-hybridized carbons (Fsp3) is 0.353. The van der Waals surface area contributed by atoms with Gasteiger partial charge >= 0.3 is 0 Å². The highest BCUT2D eigenvalue weighted by atomic mass is 16.2. The molecule has 1 atom stereocenters. The average Bonchev–Trinajstić information content (AvgIpc) is 2.89. The Morgan fingerprint density at radius 3 is 2.75 bits per heavy atom. The lowest BCUT2D eigenvalue weighted by Gasteiger charge is -2.23. The fourth-order valence-corrected chi connectivity index (χ4v) is 2.95. The summed E-state index contributed by atoms with van der Waals surface area (Å²) < 4.78 is 0. The molecular weight excluding hydrogens is 248 g/mol. The maximum absolute atomic E-state index is 12.7. The van der Waals surface area contributed by atoms with E-state index in [-0.39, 0.29) is 11.3 Å². The molecular formula is C17H20N2O. The summed E-state index contributed by atoms with van der Waals surface area (Å²) in [7, 11) is 0. The van der Waals surface area contributed by atoms with Gasteiger partial charge in [0.25, 0.3) is 5.91 Å². The molecule has 1 heterocycles. The zero-order chi connectivity index (χ0) is 14.2. The van der Waals surface area contributed by atoms with Crippen LogP contribution in [-0.4, -0.2) is 30.4 Å². The molecule has 1 unspecified atom stereocenters. The molecule has 1 aliphatic heterocycles. The number of rotatable bonds is 2. The van der Waals surface area contributed by atoms with Crippen LogP contribution in [0, 0.1) is 5.41 Å². The molecule has 1 fully saturated rings. The Morgan fingerprint density at radius 1 is 1.25 bits per heavy atom. The van der Waals surface area contributed by atoms with E-state index in [0.717, 1.165) is 35.8 Å². The van der Waals surface area contributed by atoms with Crippen molar-refractivity contribution in [1.82, 2.24) is 4.90 Å². The van der Waals surface area contributed by atoms with Gasteiger partial charge in [-0.1, -0.05) is 43.3 Å². The van der Waals surface area contributed by atoms with Crippen molar-refractivity contribution in [2.45, 2.75) is 13.3 Å². The number of nitrogens with two attached hydrogens (primary N) is 1. The summed E-state index contributed by atoms with van der Waals surface area (Å²) in [5.74, 6) is 0.124. The summed E-state index contributed by atoms with van der Waals surface area (Å²) in [6, 6.07) is 13.9. The van der Waals surface area contributed by atoms with Crippen molar-refractivity contribution in [2.24, 2.45) is 11.1 Å². The number of nitrogens with zero attached hydrogens (tertiary/aromatic N) is 1. The lowest BCUT2D eigenvalue weighted by molar-refractivity contribution is 0.0779. The minimum absolute atomic E-state index is 0.0697. The van der Waals surface area contributed by atoms with E-state index in [1.807, 2.05) is 47.4 Å². The second kappa shape index (κ2) is 4.91. The van der Waals surface area contributed by atoms with Crippen LogP contribution in [-0.2, 0) is 0 Å². The SMILES string of the molecule is CC1(CN)CCN(C(=O)c2cccc3ccccc23)C1. The van der Waals surface area contributed by atoms with Crippen molar-refractivity contribution < 1.29 is 4.79 Å². The molecule has 0 saturated carbocycles. The van der Waals surface area contributed by atoms with E-state index >= 15 is 0 Å². The summed E-state index contributed by atoms with van der Waals surface area (Å²) in [6.45, 7) is 4.34. The number of hydrogen-bond acceptors (Lipinski definition) is 2. The van der Waals surface area contributed by atoms with Crippen molar-refractivity contribution >= 4 is 16.7 Å². The molecule has 2 N–H and O–H groups in total. The van der Waals surface area contributed by atoms with Crippen LogP contribution in [0.1, 0.15) is 23.7 Å². The molecule has 0 bridgehead atoms. The molecule has 1 amide bonds. The van der Waals surface area contributed by atoms with E-state index in [9.17, 15) is 4.79 Å². The van der Waals surface area contributed by atoms with Gasteiger partial charge in [-0.2, -0.15) is 0 Å². The van der Waals surface area contributed by atoms with E-state index in [1.165, 1.54) is 0 Å². The van der Waals surface area contributed by atoms with E-state index < -0.39 is 0 Å². The Bertz CT molecular complexity index is 647. The van der Waals surface area contributed by atoms with Crippen LogP contribution in [0.2, 0.25) is 0 Å². The van der Waals surface area contributed by atoms with E-state index in [1.54, 1.807) is 0 Å². The molecule has 0 aliphatic carbocycles. The van der Waals surface area contributed by atoms with Crippen LogP contribution in [0.4, 0.5) is 0 Å². The molecule has 0 radical (unpaired) electrons. The van der Waals surface area contributed by atoms with Crippen molar-refractivity contribution in [3.8, 4) is 0 Å². The maximum atomic E-state index is 12.7. The molecule has 3 nitrogen and oxygen atoms in total. The lowest BCUT2D eigenvalue weighted by Crippen LogP contribution is -2.34. The number of likely N-dealkylation sites (tertiary alicyclic amines) is 1. The first-order valence-corrected chi connectivity index (χ1v) is 7.10. The van der Waals surface area contributed by atoms with Crippen LogP contribution >= 0.6 is 0 Å². The smallest absolute Gasteiger partial charge is 0.254 e. The summed E-state index contributed by atoms with van der Waals surface area (Å²) >= 11 is 0. The van der Waals surface area contributed by atoms with Crippen LogP contribution in [0.5, 0.6) is 0 Å². The van der Waals surface area contributed by atoms with Gasteiger partial charge in [0, 0.05) is 18.7 Å². The highest BCUT2D eigenvalue weighted by Crippen LogP contribution is 2.30. The molecule has 3 heteroatoms. The molecule has 1 saturated heterocycles. The third kappa shape index (κ3) is 2.18. The molecule has 1 aliphatic rings. The van der Waals surface area contributed by atoms with Gasteiger partial charge in [-0.3, -0.25) is 4.79 Å². The van der Waals surface area contributed by atoms with Crippen LogP contribution in [0.3, 0.4) is 0 Å². The predicted molar refractivity (Wildman–Crippen MR) is 81.6 cm³/mol. The van der Waals surface area contributed by atoms with Gasteiger partial charge in [-0.15, -0.1) is 0 Å². The van der Waals surface area contributed by atoms with Gasteiger partial charge in [-0.05, 0) is 35.2 Å². The lowest BCUT2D eigenvalue weighted by atomic mass is 9.90. The third-order valence-corrected chi connectivity index (χ3v) is 4.36. The van der Waals surface area contributed by atoms with Gasteiger partial charge < -0.3 is 10.6 Å². The van der Waals surface area contributed by atoms with E-state index in [2.05, 4.69) is 6.92 Å². The van der Waals surface area contributed by atoms with E-state index in [4.69, 9.17) is 5.73 Å². The van der Waals surface area contributed by atoms with Gasteiger partial charge in [0.1, 0.15) is 0 Å². The third-order valence-electron chi connectivity index (χ3n) is 4.36. The first kappa shape index (κ1) is 13.1. The van der Waals surface area contributed by atoms with Crippen molar-refractivity contribution in [3.63, 3.8) is 0 Å². The van der Waals surface area contributed by atoms with Gasteiger partial charge in [0.05, 0.1) is 0 Å². The first-order valence-electron chi connectivity index (χ1n) is 7.10. The van der Waals surface area contributed by atoms with E-state index in [0.29, 0.717) is 6.54 Å². The average molecular weight is 268 g/mol. The normalized spacial score (nSPS) is 22.4. The Morgan fingerprint density at radius 2 is 2.00 bits per heavy atom. The molecule has 2 aromatic rings. The topological polar surface area (TPSA) is 46.3 Å². The van der Waals surface area contributed by atoms with Crippen molar-refractivity contribution in [3.05, 3.63) is 48.0 Å². The van der Waals surface area contributed by atoms with Gasteiger partial charge in [-0.25, -0.2) is 0 Å². The van der Waals surface area contributed by atoms with Crippen LogP contribution in [0.25, 0.3) is 10.8 Å². The zero-order valence-corrected chi connectivity index (χ0v) is 11.8. The van der Waals surface area contributed by atoms with Gasteiger partial charge in [0.2, 0.25) is 0 Å². The molecule has 20 heavy (non-hydrogen) atoms. The minimum Gasteiger partial charge on any atom is -0.338 e. The zero-order valence-electron chi connectivity index (χ0n) is 11.8. The summed E-state index contributed by atoms with van der Waals surface area (Å²) in [6.07, 6.45) is 0.986. The van der Waals surface area contributed by atoms with Gasteiger partial charge in [0.15, 0.2) is 0 Å². The molecule has 0 aromatic heterocycles. The number of benzene rings is 2. The van der Waals surface area contributed by atoms with Crippen LogP contribution < -0.4 is 5.73 Å². The number of hydrogen-bond donors (Lipinski definition) is 1. The maximum Gasteiger partial charge on any atom is 0.254 e. The number of fused-ring (bicyclic) bond motifs is 1.